The van der Waals surface area contributed by atoms with Crippen molar-refractivity contribution in [2.24, 2.45) is 0 Å². The second kappa shape index (κ2) is 4.61. The third-order valence-corrected chi connectivity index (χ3v) is 2.95. The predicted octanol–water partition coefficient (Wildman–Crippen LogP) is 3.35. The number of anilines is 1. The van der Waals surface area contributed by atoms with Crippen molar-refractivity contribution in [3.8, 4) is 22.8 Å². The summed E-state index contributed by atoms with van der Waals surface area (Å²) in [4.78, 5) is 4.38. The van der Waals surface area contributed by atoms with Crippen molar-refractivity contribution < 1.29 is 8.94 Å². The van der Waals surface area contributed by atoms with Gasteiger partial charge in [0, 0.05) is 18.3 Å². The van der Waals surface area contributed by atoms with E-state index in [2.05, 4.69) is 15.5 Å². The Kier molecular flexibility index (Phi) is 2.79. The lowest BCUT2D eigenvalue weighted by atomic mass is 10.2. The summed E-state index contributed by atoms with van der Waals surface area (Å²) < 4.78 is 10.5. The summed E-state index contributed by atoms with van der Waals surface area (Å²) in [5, 5.41) is 7.04. The molecule has 2 aromatic heterocycles. The van der Waals surface area contributed by atoms with Crippen LogP contribution in [0.15, 0.2) is 45.5 Å². The summed E-state index contributed by atoms with van der Waals surface area (Å²) >= 11 is 0. The molecule has 0 aliphatic carbocycles. The molecule has 0 bridgehead atoms. The summed E-state index contributed by atoms with van der Waals surface area (Å²) in [6.45, 7) is 1.87. The summed E-state index contributed by atoms with van der Waals surface area (Å²) in [6.07, 6.45) is 1.61. The molecule has 3 rings (SSSR count). The molecule has 0 amide bonds. The van der Waals surface area contributed by atoms with Gasteiger partial charge in [0.1, 0.15) is 5.76 Å². The van der Waals surface area contributed by atoms with Gasteiger partial charge in [0.15, 0.2) is 0 Å². The number of furan rings is 1. The van der Waals surface area contributed by atoms with E-state index in [0.29, 0.717) is 11.7 Å². The number of aromatic nitrogens is 2. The first-order valence-electron chi connectivity index (χ1n) is 5.94. The van der Waals surface area contributed by atoms with Crippen LogP contribution in [0.1, 0.15) is 5.76 Å². The van der Waals surface area contributed by atoms with Gasteiger partial charge in [-0.1, -0.05) is 5.16 Å². The van der Waals surface area contributed by atoms with Crippen molar-refractivity contribution in [3.63, 3.8) is 0 Å². The average Bonchev–Trinajstić information content (AvgIpc) is 3.07. The van der Waals surface area contributed by atoms with Crippen LogP contribution in [0.2, 0.25) is 0 Å². The third kappa shape index (κ3) is 2.10. The van der Waals surface area contributed by atoms with Gasteiger partial charge in [0.05, 0.1) is 11.8 Å². The molecular weight excluding hydrogens is 242 g/mol. The molecule has 3 aromatic rings. The number of hydrogen-bond acceptors (Lipinski definition) is 5. The summed E-state index contributed by atoms with van der Waals surface area (Å²) in [5.74, 6) is 1.81. The van der Waals surface area contributed by atoms with Crippen molar-refractivity contribution in [2.45, 2.75) is 6.92 Å². The number of aryl methyl sites for hydroxylation is 1. The van der Waals surface area contributed by atoms with Crippen LogP contribution in [0.25, 0.3) is 22.8 Å². The van der Waals surface area contributed by atoms with E-state index in [1.165, 1.54) is 0 Å². The molecule has 1 N–H and O–H groups in total. The molecule has 0 aliphatic heterocycles. The van der Waals surface area contributed by atoms with Crippen LogP contribution in [0.3, 0.4) is 0 Å². The van der Waals surface area contributed by atoms with Crippen LogP contribution in [0.5, 0.6) is 0 Å². The van der Waals surface area contributed by atoms with Crippen molar-refractivity contribution in [3.05, 3.63) is 42.4 Å². The van der Waals surface area contributed by atoms with Crippen molar-refractivity contribution in [2.75, 3.05) is 12.4 Å². The van der Waals surface area contributed by atoms with E-state index in [-0.39, 0.29) is 0 Å². The minimum Gasteiger partial charge on any atom is -0.469 e. The molecule has 2 heterocycles. The molecule has 0 saturated heterocycles. The van der Waals surface area contributed by atoms with Gasteiger partial charge in [-0.25, -0.2) is 0 Å². The molecule has 0 saturated carbocycles. The highest BCUT2D eigenvalue weighted by Gasteiger charge is 2.13. The molecule has 0 spiro atoms. The molecule has 19 heavy (non-hydrogen) atoms. The fraction of sp³-hybridized carbons (Fsp3) is 0.143. The zero-order valence-corrected chi connectivity index (χ0v) is 10.7. The van der Waals surface area contributed by atoms with Gasteiger partial charge in [0.25, 0.3) is 5.89 Å². The molecule has 1 aromatic carbocycles. The third-order valence-electron chi connectivity index (χ3n) is 2.95. The quantitative estimate of drug-likeness (QED) is 0.777. The maximum absolute atomic E-state index is 5.28. The molecule has 0 radical (unpaired) electrons. The maximum atomic E-state index is 5.28. The van der Waals surface area contributed by atoms with Gasteiger partial charge in [-0.15, -0.1) is 0 Å². The monoisotopic (exact) mass is 255 g/mol. The molecule has 96 valence electrons. The van der Waals surface area contributed by atoms with Crippen LogP contribution in [0.4, 0.5) is 5.69 Å². The predicted molar refractivity (Wildman–Crippen MR) is 71.7 cm³/mol. The first-order valence-corrected chi connectivity index (χ1v) is 5.94. The molecule has 5 heteroatoms. The lowest BCUT2D eigenvalue weighted by Crippen LogP contribution is -1.87. The van der Waals surface area contributed by atoms with Crippen molar-refractivity contribution in [1.29, 1.82) is 0 Å². The molecule has 0 atom stereocenters. The topological polar surface area (TPSA) is 64.1 Å². The van der Waals surface area contributed by atoms with Crippen LogP contribution in [-0.2, 0) is 0 Å². The molecule has 0 aliphatic rings. The average molecular weight is 255 g/mol. The van der Waals surface area contributed by atoms with E-state index in [9.17, 15) is 0 Å². The van der Waals surface area contributed by atoms with E-state index in [4.69, 9.17) is 8.94 Å². The fourth-order valence-electron chi connectivity index (χ4n) is 1.85. The highest BCUT2D eigenvalue weighted by molar-refractivity contribution is 5.62. The van der Waals surface area contributed by atoms with Crippen LogP contribution >= 0.6 is 0 Å². The zero-order chi connectivity index (χ0) is 13.2. The van der Waals surface area contributed by atoms with Crippen LogP contribution in [0, 0.1) is 6.92 Å². The SMILES string of the molecule is CNc1ccc(-c2nc(-c3ccoc3C)no2)cc1. The fourth-order valence-corrected chi connectivity index (χ4v) is 1.85. The van der Waals surface area contributed by atoms with Crippen molar-refractivity contribution >= 4 is 5.69 Å². The zero-order valence-electron chi connectivity index (χ0n) is 10.7. The Morgan fingerprint density at radius 1 is 1.11 bits per heavy atom. The maximum Gasteiger partial charge on any atom is 0.258 e. The molecular formula is C14H13N3O2. The van der Waals surface area contributed by atoms with Gasteiger partial charge in [-0.05, 0) is 37.3 Å². The van der Waals surface area contributed by atoms with Crippen molar-refractivity contribution in [1.82, 2.24) is 10.1 Å². The Labute approximate surface area is 110 Å². The smallest absolute Gasteiger partial charge is 0.258 e. The van der Waals surface area contributed by atoms with Crippen LogP contribution in [-0.4, -0.2) is 17.2 Å². The number of nitrogens with zero attached hydrogens (tertiary/aromatic N) is 2. The van der Waals surface area contributed by atoms with E-state index >= 15 is 0 Å². The Hall–Kier alpha value is -2.56. The Morgan fingerprint density at radius 3 is 2.53 bits per heavy atom. The minimum atomic E-state index is 0.498. The Balaban J connectivity index is 1.94. The summed E-state index contributed by atoms with van der Waals surface area (Å²) in [6, 6.07) is 9.62. The standard InChI is InChI=1S/C14H13N3O2/c1-9-12(7-8-18-9)13-16-14(19-17-13)10-3-5-11(15-2)6-4-10/h3-8,15H,1-2H3. The van der Waals surface area contributed by atoms with Gasteiger partial charge in [-0.2, -0.15) is 4.98 Å². The number of rotatable bonds is 3. The summed E-state index contributed by atoms with van der Waals surface area (Å²) in [5.41, 5.74) is 2.77. The Morgan fingerprint density at radius 2 is 1.89 bits per heavy atom. The normalized spacial score (nSPS) is 10.6. The summed E-state index contributed by atoms with van der Waals surface area (Å²) in [7, 11) is 1.88. The van der Waals surface area contributed by atoms with Gasteiger partial charge in [-0.3, -0.25) is 0 Å². The van der Waals surface area contributed by atoms with E-state index < -0.39 is 0 Å². The lowest BCUT2D eigenvalue weighted by molar-refractivity contribution is 0.432. The van der Waals surface area contributed by atoms with E-state index in [1.54, 1.807) is 6.26 Å². The Bertz CT molecular complexity index is 683. The van der Waals surface area contributed by atoms with Gasteiger partial charge >= 0.3 is 0 Å². The molecule has 0 unspecified atom stereocenters. The van der Waals surface area contributed by atoms with E-state index in [1.807, 2.05) is 44.3 Å². The van der Waals surface area contributed by atoms with Gasteiger partial charge in [0.2, 0.25) is 5.82 Å². The highest BCUT2D eigenvalue weighted by atomic mass is 16.5. The second-order valence-electron chi connectivity index (χ2n) is 4.14. The first kappa shape index (κ1) is 11.5. The number of nitrogens with one attached hydrogen (secondary N) is 1. The van der Waals surface area contributed by atoms with E-state index in [0.717, 1.165) is 22.6 Å². The second-order valence-corrected chi connectivity index (χ2v) is 4.14. The first-order chi connectivity index (χ1) is 9.28. The minimum absolute atomic E-state index is 0.498. The molecule has 5 nitrogen and oxygen atoms in total. The molecule has 0 fully saturated rings. The number of hydrogen-bond donors (Lipinski definition) is 1. The highest BCUT2D eigenvalue weighted by Crippen LogP contribution is 2.25. The van der Waals surface area contributed by atoms with Crippen LogP contribution < -0.4 is 5.32 Å². The van der Waals surface area contributed by atoms with Gasteiger partial charge < -0.3 is 14.3 Å². The lowest BCUT2D eigenvalue weighted by Gasteiger charge is -1.99. The number of benzene rings is 1. The largest absolute Gasteiger partial charge is 0.469 e.